The molecular formula is C20H25ClN2O3. The van der Waals surface area contributed by atoms with Crippen molar-refractivity contribution < 1.29 is 14.3 Å². The van der Waals surface area contributed by atoms with E-state index in [0.717, 1.165) is 12.0 Å². The summed E-state index contributed by atoms with van der Waals surface area (Å²) in [5, 5.41) is 6.12. The van der Waals surface area contributed by atoms with Crippen molar-refractivity contribution in [2.75, 3.05) is 19.0 Å². The van der Waals surface area contributed by atoms with Gasteiger partial charge < -0.3 is 20.1 Å². The number of amides is 2. The lowest BCUT2D eigenvalue weighted by Crippen LogP contribution is -2.28. The molecule has 2 aromatic carbocycles. The predicted octanol–water partition coefficient (Wildman–Crippen LogP) is 5.10. The van der Waals surface area contributed by atoms with E-state index in [-0.39, 0.29) is 6.03 Å². The van der Waals surface area contributed by atoms with E-state index in [0.29, 0.717) is 41.3 Å². The molecule has 0 unspecified atom stereocenters. The number of anilines is 1. The van der Waals surface area contributed by atoms with Crippen molar-refractivity contribution in [2.24, 2.45) is 5.92 Å². The SMILES string of the molecule is COc1cc(CNC(=O)Nc2cccc(Cl)c2)ccc1OCCC(C)C. The molecule has 2 amide bonds. The summed E-state index contributed by atoms with van der Waals surface area (Å²) in [6.07, 6.45) is 0.982. The third kappa shape index (κ3) is 6.48. The van der Waals surface area contributed by atoms with Gasteiger partial charge in [-0.25, -0.2) is 4.79 Å². The molecule has 0 aliphatic rings. The Morgan fingerprint density at radius 1 is 1.15 bits per heavy atom. The van der Waals surface area contributed by atoms with Crippen LogP contribution in [0.2, 0.25) is 5.02 Å². The molecule has 0 aromatic heterocycles. The van der Waals surface area contributed by atoms with Crippen molar-refractivity contribution in [1.82, 2.24) is 5.32 Å². The van der Waals surface area contributed by atoms with E-state index in [1.54, 1.807) is 31.4 Å². The highest BCUT2D eigenvalue weighted by molar-refractivity contribution is 6.30. The molecule has 0 aliphatic heterocycles. The summed E-state index contributed by atoms with van der Waals surface area (Å²) in [6.45, 7) is 5.33. The van der Waals surface area contributed by atoms with E-state index >= 15 is 0 Å². The van der Waals surface area contributed by atoms with Crippen LogP contribution in [0.15, 0.2) is 42.5 Å². The first-order valence-electron chi connectivity index (χ1n) is 8.58. The Bertz CT molecular complexity index is 735. The molecule has 0 aliphatic carbocycles. The molecule has 0 saturated carbocycles. The third-order valence-electron chi connectivity index (χ3n) is 3.72. The maximum atomic E-state index is 12.0. The minimum absolute atomic E-state index is 0.302. The monoisotopic (exact) mass is 376 g/mol. The Morgan fingerprint density at radius 3 is 2.65 bits per heavy atom. The molecule has 2 aromatic rings. The normalized spacial score (nSPS) is 10.5. The number of ether oxygens (including phenoxy) is 2. The maximum absolute atomic E-state index is 12.0. The average molecular weight is 377 g/mol. The number of carbonyl (C=O) groups is 1. The minimum Gasteiger partial charge on any atom is -0.493 e. The van der Waals surface area contributed by atoms with Gasteiger partial charge in [0.05, 0.1) is 13.7 Å². The van der Waals surface area contributed by atoms with Gasteiger partial charge in [-0.05, 0) is 48.2 Å². The molecule has 2 rings (SSSR count). The van der Waals surface area contributed by atoms with Crippen LogP contribution in [0, 0.1) is 5.92 Å². The first-order valence-corrected chi connectivity index (χ1v) is 8.96. The van der Waals surface area contributed by atoms with Crippen molar-refractivity contribution in [3.05, 3.63) is 53.1 Å². The summed E-state index contributed by atoms with van der Waals surface area (Å²) in [7, 11) is 1.60. The van der Waals surface area contributed by atoms with E-state index in [1.165, 1.54) is 0 Å². The second kappa shape index (κ2) is 9.92. The standard InChI is InChI=1S/C20H25ClN2O3/c1-14(2)9-10-26-18-8-7-15(11-19(18)25-3)13-22-20(24)23-17-6-4-5-16(21)12-17/h4-8,11-12,14H,9-10,13H2,1-3H3,(H2,22,23,24). The van der Waals surface area contributed by atoms with Gasteiger partial charge in [-0.3, -0.25) is 0 Å². The Balaban J connectivity index is 1.89. The maximum Gasteiger partial charge on any atom is 0.319 e. The molecule has 6 heteroatoms. The topological polar surface area (TPSA) is 59.6 Å². The average Bonchev–Trinajstić information content (AvgIpc) is 2.60. The number of rotatable bonds is 8. The van der Waals surface area contributed by atoms with Gasteiger partial charge in [0.15, 0.2) is 11.5 Å². The van der Waals surface area contributed by atoms with Crippen LogP contribution in [0.25, 0.3) is 0 Å². The van der Waals surface area contributed by atoms with Crippen molar-refractivity contribution in [1.29, 1.82) is 0 Å². The van der Waals surface area contributed by atoms with Crippen LogP contribution in [0.1, 0.15) is 25.8 Å². The van der Waals surface area contributed by atoms with Gasteiger partial charge in [-0.1, -0.05) is 37.6 Å². The fourth-order valence-electron chi connectivity index (χ4n) is 2.27. The van der Waals surface area contributed by atoms with Gasteiger partial charge in [0, 0.05) is 17.3 Å². The fourth-order valence-corrected chi connectivity index (χ4v) is 2.46. The van der Waals surface area contributed by atoms with Gasteiger partial charge in [0.1, 0.15) is 0 Å². The molecule has 2 N–H and O–H groups in total. The number of hydrogen-bond acceptors (Lipinski definition) is 3. The number of nitrogens with one attached hydrogen (secondary N) is 2. The van der Waals surface area contributed by atoms with Crippen molar-refractivity contribution in [3.63, 3.8) is 0 Å². The third-order valence-corrected chi connectivity index (χ3v) is 3.95. The molecular weight excluding hydrogens is 352 g/mol. The Morgan fingerprint density at radius 2 is 1.96 bits per heavy atom. The number of halogens is 1. The molecule has 5 nitrogen and oxygen atoms in total. The van der Waals surface area contributed by atoms with Crippen LogP contribution < -0.4 is 20.1 Å². The lowest BCUT2D eigenvalue weighted by atomic mass is 10.1. The van der Waals surface area contributed by atoms with Gasteiger partial charge >= 0.3 is 6.03 Å². The molecule has 26 heavy (non-hydrogen) atoms. The van der Waals surface area contributed by atoms with Crippen molar-refractivity contribution >= 4 is 23.3 Å². The lowest BCUT2D eigenvalue weighted by molar-refractivity contribution is 0.251. The molecule has 0 radical (unpaired) electrons. The molecule has 0 spiro atoms. The highest BCUT2D eigenvalue weighted by Gasteiger charge is 2.08. The van der Waals surface area contributed by atoms with Crippen LogP contribution in [0.5, 0.6) is 11.5 Å². The smallest absolute Gasteiger partial charge is 0.319 e. The summed E-state index contributed by atoms with van der Waals surface area (Å²) >= 11 is 5.91. The molecule has 0 fully saturated rings. The van der Waals surface area contributed by atoms with Crippen molar-refractivity contribution in [3.8, 4) is 11.5 Å². The van der Waals surface area contributed by atoms with Gasteiger partial charge in [-0.2, -0.15) is 0 Å². The Labute approximate surface area is 159 Å². The number of benzene rings is 2. The quantitative estimate of drug-likeness (QED) is 0.674. The molecule has 0 bridgehead atoms. The van der Waals surface area contributed by atoms with E-state index in [1.807, 2.05) is 18.2 Å². The van der Waals surface area contributed by atoms with Crippen LogP contribution in [-0.2, 0) is 6.54 Å². The summed E-state index contributed by atoms with van der Waals surface area (Å²) in [5.41, 5.74) is 1.56. The number of carbonyl (C=O) groups excluding carboxylic acids is 1. The highest BCUT2D eigenvalue weighted by atomic mass is 35.5. The van der Waals surface area contributed by atoms with Crippen LogP contribution in [0.4, 0.5) is 10.5 Å². The van der Waals surface area contributed by atoms with Gasteiger partial charge in [-0.15, -0.1) is 0 Å². The van der Waals surface area contributed by atoms with E-state index in [9.17, 15) is 4.79 Å². The van der Waals surface area contributed by atoms with Crippen LogP contribution in [0.3, 0.4) is 0 Å². The van der Waals surface area contributed by atoms with Crippen molar-refractivity contribution in [2.45, 2.75) is 26.8 Å². The summed E-state index contributed by atoms with van der Waals surface area (Å²) in [5.74, 6) is 1.95. The zero-order valence-corrected chi connectivity index (χ0v) is 16.1. The Kier molecular flexibility index (Phi) is 7.60. The highest BCUT2D eigenvalue weighted by Crippen LogP contribution is 2.28. The molecule has 0 heterocycles. The van der Waals surface area contributed by atoms with E-state index < -0.39 is 0 Å². The fraction of sp³-hybridized carbons (Fsp3) is 0.350. The summed E-state index contributed by atoms with van der Waals surface area (Å²) in [4.78, 5) is 12.0. The number of methoxy groups -OCH3 is 1. The molecule has 140 valence electrons. The van der Waals surface area contributed by atoms with E-state index in [2.05, 4.69) is 24.5 Å². The van der Waals surface area contributed by atoms with Crippen LogP contribution >= 0.6 is 11.6 Å². The second-order valence-electron chi connectivity index (χ2n) is 6.33. The first kappa shape index (κ1) is 19.9. The lowest BCUT2D eigenvalue weighted by Gasteiger charge is -2.13. The minimum atomic E-state index is -0.302. The number of hydrogen-bond donors (Lipinski definition) is 2. The summed E-state index contributed by atoms with van der Waals surface area (Å²) < 4.78 is 11.2. The predicted molar refractivity (Wildman–Crippen MR) is 105 cm³/mol. The zero-order chi connectivity index (χ0) is 18.9. The van der Waals surface area contributed by atoms with Crippen LogP contribution in [-0.4, -0.2) is 19.7 Å². The summed E-state index contributed by atoms with van der Waals surface area (Å²) in [6, 6.07) is 12.3. The number of urea groups is 1. The zero-order valence-electron chi connectivity index (χ0n) is 15.3. The van der Waals surface area contributed by atoms with Gasteiger partial charge in [0.2, 0.25) is 0 Å². The Hall–Kier alpha value is -2.40. The largest absolute Gasteiger partial charge is 0.493 e. The van der Waals surface area contributed by atoms with E-state index in [4.69, 9.17) is 21.1 Å². The second-order valence-corrected chi connectivity index (χ2v) is 6.77. The first-order chi connectivity index (χ1) is 12.5. The molecule has 0 atom stereocenters. The molecule has 0 saturated heterocycles. The van der Waals surface area contributed by atoms with Gasteiger partial charge in [0.25, 0.3) is 0 Å².